The first-order valence-corrected chi connectivity index (χ1v) is 6.91. The van der Waals surface area contributed by atoms with Crippen molar-refractivity contribution in [3.05, 3.63) is 59.1 Å². The number of ether oxygens (including phenoxy) is 1. The number of benzene rings is 2. The monoisotopic (exact) mass is 287 g/mol. The highest BCUT2D eigenvalue weighted by Gasteiger charge is 2.24. The van der Waals surface area contributed by atoms with E-state index in [9.17, 15) is 4.79 Å². The number of aryl methyl sites for hydroxylation is 1. The fraction of sp³-hybridized carbons (Fsp3) is 0.188. The number of halogens is 1. The van der Waals surface area contributed by atoms with Crippen LogP contribution in [0.4, 0.5) is 5.69 Å². The summed E-state index contributed by atoms with van der Waals surface area (Å²) in [6.45, 7) is 0. The molecule has 2 aromatic carbocycles. The number of fused-ring (bicyclic) bond motifs is 1. The third-order valence-electron chi connectivity index (χ3n) is 3.34. The van der Waals surface area contributed by atoms with Gasteiger partial charge in [-0.05, 0) is 48.7 Å². The molecule has 0 saturated heterocycles. The maximum Gasteiger partial charge on any atom is 0.265 e. The van der Waals surface area contributed by atoms with Crippen LogP contribution in [0.3, 0.4) is 0 Å². The molecular formula is C16H14ClNO2. The van der Waals surface area contributed by atoms with E-state index >= 15 is 0 Å². The summed E-state index contributed by atoms with van der Waals surface area (Å²) in [7, 11) is 0. The van der Waals surface area contributed by atoms with E-state index in [-0.39, 0.29) is 5.91 Å². The molecule has 0 aromatic heterocycles. The van der Waals surface area contributed by atoms with E-state index in [1.165, 1.54) is 0 Å². The number of amides is 1. The Bertz CT molecular complexity index is 625. The zero-order valence-electron chi connectivity index (χ0n) is 10.8. The van der Waals surface area contributed by atoms with Crippen molar-refractivity contribution in [3.8, 4) is 5.75 Å². The molecule has 102 valence electrons. The van der Waals surface area contributed by atoms with E-state index in [2.05, 4.69) is 5.32 Å². The van der Waals surface area contributed by atoms with Crippen molar-refractivity contribution in [1.29, 1.82) is 0 Å². The summed E-state index contributed by atoms with van der Waals surface area (Å²) in [5.41, 5.74) is 2.02. The van der Waals surface area contributed by atoms with E-state index in [0.29, 0.717) is 17.2 Å². The van der Waals surface area contributed by atoms with Gasteiger partial charge in [0.1, 0.15) is 5.75 Å². The highest BCUT2D eigenvalue weighted by molar-refractivity contribution is 6.30. The normalized spacial score (nSPS) is 17.9. The predicted molar refractivity (Wildman–Crippen MR) is 79.3 cm³/mol. The van der Waals surface area contributed by atoms with Gasteiger partial charge in [-0.3, -0.25) is 4.79 Å². The van der Waals surface area contributed by atoms with Crippen LogP contribution in [-0.4, -0.2) is 12.0 Å². The van der Waals surface area contributed by atoms with Crippen LogP contribution in [0, 0.1) is 0 Å². The molecule has 1 amide bonds. The van der Waals surface area contributed by atoms with Gasteiger partial charge in [-0.15, -0.1) is 0 Å². The summed E-state index contributed by atoms with van der Waals surface area (Å²) in [6, 6.07) is 14.9. The zero-order chi connectivity index (χ0) is 13.9. The Balaban J connectivity index is 1.76. The lowest BCUT2D eigenvalue weighted by Gasteiger charge is -2.15. The Morgan fingerprint density at radius 3 is 2.65 bits per heavy atom. The van der Waals surface area contributed by atoms with E-state index in [1.54, 1.807) is 24.3 Å². The molecule has 1 atom stereocenters. The number of nitrogens with one attached hydrogen (secondary N) is 1. The van der Waals surface area contributed by atoms with E-state index in [1.807, 2.05) is 24.3 Å². The molecule has 0 saturated carbocycles. The number of carbonyl (C=O) groups is 1. The topological polar surface area (TPSA) is 38.3 Å². The van der Waals surface area contributed by atoms with Crippen LogP contribution >= 0.6 is 11.6 Å². The van der Waals surface area contributed by atoms with Crippen LogP contribution in [0.15, 0.2) is 48.5 Å². The summed E-state index contributed by atoms with van der Waals surface area (Å²) in [5.74, 6) is 0.547. The van der Waals surface area contributed by atoms with E-state index in [0.717, 1.165) is 17.7 Å². The third-order valence-corrected chi connectivity index (χ3v) is 3.59. The summed E-state index contributed by atoms with van der Waals surface area (Å²) < 4.78 is 5.76. The summed E-state index contributed by atoms with van der Waals surface area (Å²) >= 11 is 5.84. The molecule has 20 heavy (non-hydrogen) atoms. The van der Waals surface area contributed by atoms with Gasteiger partial charge in [-0.25, -0.2) is 0 Å². The van der Waals surface area contributed by atoms with Gasteiger partial charge in [0, 0.05) is 10.7 Å². The second-order valence-electron chi connectivity index (χ2n) is 4.75. The fourth-order valence-corrected chi connectivity index (χ4v) is 2.41. The van der Waals surface area contributed by atoms with Gasteiger partial charge < -0.3 is 10.1 Å². The van der Waals surface area contributed by atoms with Gasteiger partial charge in [0.05, 0.1) is 0 Å². The summed E-state index contributed by atoms with van der Waals surface area (Å²) in [5, 5.41) is 3.56. The Morgan fingerprint density at radius 2 is 1.85 bits per heavy atom. The number of para-hydroxylation sites is 1. The van der Waals surface area contributed by atoms with Crippen molar-refractivity contribution in [2.24, 2.45) is 0 Å². The first-order chi connectivity index (χ1) is 9.72. The molecule has 0 aliphatic carbocycles. The van der Waals surface area contributed by atoms with E-state index < -0.39 is 6.10 Å². The quantitative estimate of drug-likeness (QED) is 0.915. The van der Waals surface area contributed by atoms with Gasteiger partial charge in [-0.2, -0.15) is 0 Å². The SMILES string of the molecule is O=C1Nc2ccccc2CCC1Oc1ccc(Cl)cc1. The summed E-state index contributed by atoms with van der Waals surface area (Å²) in [6.07, 6.45) is 0.988. The number of hydrogen-bond acceptors (Lipinski definition) is 2. The van der Waals surface area contributed by atoms with Crippen LogP contribution in [0.25, 0.3) is 0 Å². The minimum Gasteiger partial charge on any atom is -0.481 e. The molecule has 0 bridgehead atoms. The molecule has 1 N–H and O–H groups in total. The van der Waals surface area contributed by atoms with E-state index in [4.69, 9.17) is 16.3 Å². The molecule has 0 spiro atoms. The van der Waals surface area contributed by atoms with Gasteiger partial charge >= 0.3 is 0 Å². The maximum absolute atomic E-state index is 12.2. The Kier molecular flexibility index (Phi) is 3.61. The van der Waals surface area contributed by atoms with Crippen LogP contribution in [0.2, 0.25) is 5.02 Å². The lowest BCUT2D eigenvalue weighted by atomic mass is 10.1. The lowest BCUT2D eigenvalue weighted by Crippen LogP contribution is -2.31. The van der Waals surface area contributed by atoms with Crippen LogP contribution in [-0.2, 0) is 11.2 Å². The predicted octanol–water partition coefficient (Wildman–Crippen LogP) is 3.67. The fourth-order valence-electron chi connectivity index (χ4n) is 2.28. The highest BCUT2D eigenvalue weighted by atomic mass is 35.5. The van der Waals surface area contributed by atoms with Gasteiger partial charge in [0.25, 0.3) is 5.91 Å². The molecule has 4 heteroatoms. The van der Waals surface area contributed by atoms with Crippen molar-refractivity contribution in [1.82, 2.24) is 0 Å². The van der Waals surface area contributed by atoms with Crippen molar-refractivity contribution in [3.63, 3.8) is 0 Å². The average molecular weight is 288 g/mol. The number of carbonyl (C=O) groups excluding carboxylic acids is 1. The van der Waals surface area contributed by atoms with Gasteiger partial charge in [0.15, 0.2) is 6.10 Å². The minimum atomic E-state index is -0.483. The molecule has 3 rings (SSSR count). The first kappa shape index (κ1) is 13.0. The van der Waals surface area contributed by atoms with Crippen molar-refractivity contribution in [2.75, 3.05) is 5.32 Å². The largest absolute Gasteiger partial charge is 0.481 e. The second-order valence-corrected chi connectivity index (χ2v) is 5.18. The molecular weight excluding hydrogens is 274 g/mol. The van der Waals surface area contributed by atoms with Crippen molar-refractivity contribution < 1.29 is 9.53 Å². The smallest absolute Gasteiger partial charge is 0.265 e. The minimum absolute atomic E-state index is 0.107. The lowest BCUT2D eigenvalue weighted by molar-refractivity contribution is -0.122. The average Bonchev–Trinajstić information content (AvgIpc) is 2.61. The number of anilines is 1. The van der Waals surface area contributed by atoms with Crippen LogP contribution in [0.1, 0.15) is 12.0 Å². The standard InChI is InChI=1S/C16H14ClNO2/c17-12-6-8-13(9-7-12)20-15-10-5-11-3-1-2-4-14(11)18-16(15)19/h1-4,6-9,15H,5,10H2,(H,18,19). The third kappa shape index (κ3) is 2.78. The van der Waals surface area contributed by atoms with Crippen molar-refractivity contribution >= 4 is 23.2 Å². The molecule has 2 aromatic rings. The molecule has 3 nitrogen and oxygen atoms in total. The molecule has 1 aliphatic heterocycles. The Labute approximate surface area is 122 Å². The zero-order valence-corrected chi connectivity index (χ0v) is 11.6. The molecule has 0 radical (unpaired) electrons. The van der Waals surface area contributed by atoms with Gasteiger partial charge in [-0.1, -0.05) is 29.8 Å². The Morgan fingerprint density at radius 1 is 1.10 bits per heavy atom. The molecule has 1 unspecified atom stereocenters. The first-order valence-electron chi connectivity index (χ1n) is 6.53. The highest BCUT2D eigenvalue weighted by Crippen LogP contribution is 2.24. The number of rotatable bonds is 2. The molecule has 1 heterocycles. The summed E-state index contributed by atoms with van der Waals surface area (Å²) in [4.78, 5) is 12.2. The van der Waals surface area contributed by atoms with Gasteiger partial charge in [0.2, 0.25) is 0 Å². The number of hydrogen-bond donors (Lipinski definition) is 1. The maximum atomic E-state index is 12.2. The van der Waals surface area contributed by atoms with Crippen LogP contribution in [0.5, 0.6) is 5.75 Å². The Hall–Kier alpha value is -2.00. The molecule has 0 fully saturated rings. The second kappa shape index (κ2) is 5.55. The molecule has 1 aliphatic rings. The van der Waals surface area contributed by atoms with Crippen LogP contribution < -0.4 is 10.1 Å². The van der Waals surface area contributed by atoms with Crippen molar-refractivity contribution in [2.45, 2.75) is 18.9 Å².